The van der Waals surface area contributed by atoms with E-state index in [-0.39, 0.29) is 0 Å². The molecule has 248 valence electrons. The van der Waals surface area contributed by atoms with Gasteiger partial charge in [0.25, 0.3) is 0 Å². The van der Waals surface area contributed by atoms with Gasteiger partial charge < -0.3 is 8.83 Å². The molecule has 2 nitrogen and oxygen atoms in total. The van der Waals surface area contributed by atoms with E-state index in [4.69, 9.17) is 8.83 Å². The fourth-order valence-corrected chi connectivity index (χ4v) is 8.83. The molecule has 0 N–H and O–H groups in total. The van der Waals surface area contributed by atoms with E-state index < -0.39 is 0 Å². The van der Waals surface area contributed by atoms with Crippen LogP contribution in [-0.2, 0) is 0 Å². The van der Waals surface area contributed by atoms with Crippen LogP contribution in [-0.4, -0.2) is 0 Å². The predicted molar refractivity (Wildman–Crippen MR) is 222 cm³/mol. The highest BCUT2D eigenvalue weighted by atomic mass is 16.3. The number of para-hydroxylation sites is 1. The van der Waals surface area contributed by atoms with E-state index in [2.05, 4.69) is 171 Å². The largest absolute Gasteiger partial charge is 0.472 e. The molecule has 0 saturated heterocycles. The third-order valence-electron chi connectivity index (χ3n) is 11.1. The lowest BCUT2D eigenvalue weighted by atomic mass is 9.85. The summed E-state index contributed by atoms with van der Waals surface area (Å²) in [4.78, 5) is 0. The highest BCUT2D eigenvalue weighted by molar-refractivity contribution is 6.25. The van der Waals surface area contributed by atoms with Gasteiger partial charge >= 0.3 is 0 Å². The van der Waals surface area contributed by atoms with Gasteiger partial charge in [0, 0.05) is 33.0 Å². The zero-order valence-corrected chi connectivity index (χ0v) is 29.1. The van der Waals surface area contributed by atoms with Crippen LogP contribution in [0, 0.1) is 6.92 Å². The third-order valence-corrected chi connectivity index (χ3v) is 11.1. The van der Waals surface area contributed by atoms with Crippen LogP contribution >= 0.6 is 0 Å². The number of hydrogen-bond acceptors (Lipinski definition) is 2. The Morgan fingerprint density at radius 1 is 0.340 bits per heavy atom. The predicted octanol–water partition coefficient (Wildman–Crippen LogP) is 14.8. The van der Waals surface area contributed by atoms with Crippen molar-refractivity contribution in [3.63, 3.8) is 0 Å². The average molecular weight is 677 g/mol. The summed E-state index contributed by atoms with van der Waals surface area (Å²) in [5, 5.41) is 12.0. The molecule has 0 unspecified atom stereocenters. The number of aryl methyl sites for hydroxylation is 1. The number of fused-ring (bicyclic) bond motifs is 7. The Morgan fingerprint density at radius 3 is 1.34 bits per heavy atom. The summed E-state index contributed by atoms with van der Waals surface area (Å²) in [6.45, 7) is 2.11. The standard InChI is InChI=1S/C51H32O2/c1-31-29-52-30-45(31)50-40-22-11-9-20-38(40)49(39-21-10-12-23-41(39)50)43-25-13-24-42-44-28-33(26-27-46(44)53-51(42)43)48-36-18-7-5-16-34(36)47(32-14-3-2-4-15-32)35-17-6-8-19-37(35)48/h2-30H,1H3. The van der Waals surface area contributed by atoms with Gasteiger partial charge in [-0.2, -0.15) is 0 Å². The second-order valence-corrected chi connectivity index (χ2v) is 14.0. The summed E-state index contributed by atoms with van der Waals surface area (Å²) in [5.41, 5.74) is 12.4. The quantitative estimate of drug-likeness (QED) is 0.173. The van der Waals surface area contributed by atoms with Gasteiger partial charge in [0.15, 0.2) is 0 Å². The van der Waals surface area contributed by atoms with E-state index in [1.54, 1.807) is 0 Å². The molecule has 0 fully saturated rings. The van der Waals surface area contributed by atoms with E-state index in [1.165, 1.54) is 76.5 Å². The number of benzene rings is 9. The summed E-state index contributed by atoms with van der Waals surface area (Å²) in [6.07, 6.45) is 3.71. The molecule has 0 spiro atoms. The first-order valence-corrected chi connectivity index (χ1v) is 18.2. The minimum Gasteiger partial charge on any atom is -0.472 e. The lowest BCUT2D eigenvalue weighted by Crippen LogP contribution is -1.91. The summed E-state index contributed by atoms with van der Waals surface area (Å²) in [7, 11) is 0. The Labute approximate surface area is 306 Å². The molecule has 0 aliphatic carbocycles. The zero-order chi connectivity index (χ0) is 35.0. The minimum atomic E-state index is 0.880. The Kier molecular flexibility index (Phi) is 6.50. The molecule has 0 amide bonds. The summed E-state index contributed by atoms with van der Waals surface area (Å²) in [5.74, 6) is 0. The van der Waals surface area contributed by atoms with Crippen LogP contribution in [0.5, 0.6) is 0 Å². The fourth-order valence-electron chi connectivity index (χ4n) is 8.83. The molecular weight excluding hydrogens is 645 g/mol. The van der Waals surface area contributed by atoms with Gasteiger partial charge in [0.1, 0.15) is 11.2 Å². The highest BCUT2D eigenvalue weighted by Crippen LogP contribution is 2.48. The van der Waals surface area contributed by atoms with E-state index in [9.17, 15) is 0 Å². The second-order valence-electron chi connectivity index (χ2n) is 14.0. The van der Waals surface area contributed by atoms with Gasteiger partial charge in [-0.05, 0) is 90.0 Å². The number of furan rings is 2. The Morgan fingerprint density at radius 2 is 0.811 bits per heavy atom. The van der Waals surface area contributed by atoms with Crippen LogP contribution < -0.4 is 0 Å². The molecule has 9 aromatic carbocycles. The molecule has 0 atom stereocenters. The van der Waals surface area contributed by atoms with E-state index in [1.807, 2.05) is 12.5 Å². The van der Waals surface area contributed by atoms with Crippen LogP contribution in [0.1, 0.15) is 5.56 Å². The molecule has 0 saturated carbocycles. The van der Waals surface area contributed by atoms with Gasteiger partial charge in [-0.1, -0.05) is 152 Å². The van der Waals surface area contributed by atoms with E-state index >= 15 is 0 Å². The van der Waals surface area contributed by atoms with Crippen molar-refractivity contribution in [1.29, 1.82) is 0 Å². The maximum atomic E-state index is 6.89. The van der Waals surface area contributed by atoms with Gasteiger partial charge in [-0.25, -0.2) is 0 Å². The Balaban J connectivity index is 1.18. The van der Waals surface area contributed by atoms with Crippen molar-refractivity contribution in [3.8, 4) is 44.5 Å². The summed E-state index contributed by atoms with van der Waals surface area (Å²) < 4.78 is 12.6. The van der Waals surface area contributed by atoms with Crippen molar-refractivity contribution in [2.24, 2.45) is 0 Å². The SMILES string of the molecule is Cc1cocc1-c1c2ccccc2c(-c2cccc3c2oc2ccc(-c4c5ccccc5c(-c5ccccc5)c5ccccc45)cc23)c2ccccc12. The third kappa shape index (κ3) is 4.39. The molecule has 0 bridgehead atoms. The minimum absolute atomic E-state index is 0.880. The molecule has 0 aliphatic rings. The maximum Gasteiger partial charge on any atom is 0.143 e. The van der Waals surface area contributed by atoms with E-state index in [0.717, 1.165) is 38.6 Å². The Bertz CT molecular complexity index is 3120. The first kappa shape index (κ1) is 29.8. The molecule has 11 rings (SSSR count). The van der Waals surface area contributed by atoms with Gasteiger partial charge in [-0.3, -0.25) is 0 Å². The molecule has 11 aromatic rings. The topological polar surface area (TPSA) is 26.3 Å². The normalized spacial score (nSPS) is 11.9. The lowest BCUT2D eigenvalue weighted by molar-refractivity contribution is 0.566. The first-order valence-electron chi connectivity index (χ1n) is 18.2. The van der Waals surface area contributed by atoms with Crippen LogP contribution in [0.3, 0.4) is 0 Å². The monoisotopic (exact) mass is 676 g/mol. The molecule has 53 heavy (non-hydrogen) atoms. The van der Waals surface area contributed by atoms with Gasteiger partial charge in [0.05, 0.1) is 12.5 Å². The highest BCUT2D eigenvalue weighted by Gasteiger charge is 2.22. The molecule has 2 aromatic heterocycles. The molecular formula is C51H32O2. The van der Waals surface area contributed by atoms with Crippen LogP contribution in [0.2, 0.25) is 0 Å². The van der Waals surface area contributed by atoms with Crippen LogP contribution in [0.25, 0.3) is 110 Å². The lowest BCUT2D eigenvalue weighted by Gasteiger charge is -2.17. The van der Waals surface area contributed by atoms with Crippen LogP contribution in [0.15, 0.2) is 185 Å². The van der Waals surface area contributed by atoms with Crippen molar-refractivity contribution in [2.45, 2.75) is 6.92 Å². The van der Waals surface area contributed by atoms with Crippen molar-refractivity contribution in [3.05, 3.63) is 182 Å². The van der Waals surface area contributed by atoms with Crippen molar-refractivity contribution in [1.82, 2.24) is 0 Å². The molecule has 2 heteroatoms. The zero-order valence-electron chi connectivity index (χ0n) is 29.1. The summed E-state index contributed by atoms with van der Waals surface area (Å²) >= 11 is 0. The molecule has 0 radical (unpaired) electrons. The number of rotatable bonds is 4. The smallest absolute Gasteiger partial charge is 0.143 e. The average Bonchev–Trinajstić information content (AvgIpc) is 3.82. The maximum absolute atomic E-state index is 6.89. The Hall–Kier alpha value is -6.90. The van der Waals surface area contributed by atoms with Crippen molar-refractivity contribution >= 4 is 65.0 Å². The molecule has 2 heterocycles. The first-order chi connectivity index (χ1) is 26.2. The number of hydrogen-bond donors (Lipinski definition) is 0. The van der Waals surface area contributed by atoms with Crippen molar-refractivity contribution in [2.75, 3.05) is 0 Å². The van der Waals surface area contributed by atoms with Gasteiger partial charge in [-0.15, -0.1) is 0 Å². The summed E-state index contributed by atoms with van der Waals surface area (Å²) in [6, 6.07) is 59.2. The molecule has 0 aliphatic heterocycles. The fraction of sp³-hybridized carbons (Fsp3) is 0.0196. The van der Waals surface area contributed by atoms with Crippen molar-refractivity contribution < 1.29 is 8.83 Å². The second kappa shape index (κ2) is 11.6. The van der Waals surface area contributed by atoms with E-state index in [0.29, 0.717) is 0 Å². The van der Waals surface area contributed by atoms with Crippen LogP contribution in [0.4, 0.5) is 0 Å². The van der Waals surface area contributed by atoms with Gasteiger partial charge in [0.2, 0.25) is 0 Å².